The first-order valence-electron chi connectivity index (χ1n) is 12.8. The SMILES string of the molecule is CC(C)(C)C(c1ccc2c(c1)OCc1c-2noc1-c1onc(-c2ccccc2)c1C(F)(F)F)N1CC(C(=O)O)C1. The van der Waals surface area contributed by atoms with Crippen LogP contribution in [0.4, 0.5) is 13.2 Å². The summed E-state index contributed by atoms with van der Waals surface area (Å²) in [6.45, 7) is 7.11. The first-order valence-corrected chi connectivity index (χ1v) is 12.8. The third-order valence-electron chi connectivity index (χ3n) is 7.41. The average Bonchev–Trinajstić information content (AvgIpc) is 3.49. The van der Waals surface area contributed by atoms with Gasteiger partial charge in [0.2, 0.25) is 11.5 Å². The molecule has 8 nitrogen and oxygen atoms in total. The van der Waals surface area contributed by atoms with Gasteiger partial charge in [0.25, 0.3) is 0 Å². The van der Waals surface area contributed by atoms with E-state index in [1.54, 1.807) is 18.2 Å². The summed E-state index contributed by atoms with van der Waals surface area (Å²) in [5, 5.41) is 17.2. The Hall–Kier alpha value is -4.12. The van der Waals surface area contributed by atoms with Gasteiger partial charge < -0.3 is 18.9 Å². The molecule has 0 radical (unpaired) electrons. The lowest BCUT2D eigenvalue weighted by molar-refractivity contribution is -0.150. The minimum absolute atomic E-state index is 0.0637. The molecule has 0 spiro atoms. The van der Waals surface area contributed by atoms with Crippen LogP contribution in [0.5, 0.6) is 5.75 Å². The minimum Gasteiger partial charge on any atom is -0.488 e. The predicted molar refractivity (Wildman–Crippen MR) is 137 cm³/mol. The molecule has 1 unspecified atom stereocenters. The summed E-state index contributed by atoms with van der Waals surface area (Å²) in [5.74, 6) is -1.41. The van der Waals surface area contributed by atoms with Crippen molar-refractivity contribution in [2.24, 2.45) is 11.3 Å². The molecule has 4 heterocycles. The Bertz CT molecular complexity index is 1580. The molecule has 208 valence electrons. The molecule has 11 heteroatoms. The number of nitrogens with zero attached hydrogens (tertiary/aromatic N) is 3. The quantitative estimate of drug-likeness (QED) is 0.292. The highest BCUT2D eigenvalue weighted by molar-refractivity contribution is 5.80. The monoisotopic (exact) mass is 553 g/mol. The van der Waals surface area contributed by atoms with Crippen LogP contribution in [0.2, 0.25) is 0 Å². The van der Waals surface area contributed by atoms with Gasteiger partial charge in [0, 0.05) is 30.3 Å². The summed E-state index contributed by atoms with van der Waals surface area (Å²) in [4.78, 5) is 13.5. The van der Waals surface area contributed by atoms with Crippen molar-refractivity contribution in [3.05, 3.63) is 65.2 Å². The summed E-state index contributed by atoms with van der Waals surface area (Å²) in [5.41, 5.74) is 0.921. The van der Waals surface area contributed by atoms with Crippen molar-refractivity contribution in [2.45, 2.75) is 39.6 Å². The van der Waals surface area contributed by atoms with Gasteiger partial charge >= 0.3 is 12.1 Å². The molecule has 1 atom stereocenters. The zero-order chi connectivity index (χ0) is 28.4. The fourth-order valence-corrected chi connectivity index (χ4v) is 5.65. The molecule has 1 saturated heterocycles. The van der Waals surface area contributed by atoms with Gasteiger partial charge in [-0.05, 0) is 23.1 Å². The van der Waals surface area contributed by atoms with E-state index in [2.05, 4.69) is 36.0 Å². The van der Waals surface area contributed by atoms with Gasteiger partial charge in [-0.1, -0.05) is 67.5 Å². The zero-order valence-electron chi connectivity index (χ0n) is 22.0. The maximum Gasteiger partial charge on any atom is 0.422 e. The van der Waals surface area contributed by atoms with Crippen LogP contribution in [-0.4, -0.2) is 39.4 Å². The van der Waals surface area contributed by atoms with Crippen LogP contribution < -0.4 is 4.74 Å². The molecule has 0 saturated carbocycles. The molecule has 0 amide bonds. The molecule has 2 aromatic carbocycles. The standard InChI is InChI=1S/C29H26F3N3O5/c1-28(2,3)26(35-12-17(13-35)27(36)37)16-9-10-18-20(11-16)38-14-19-23(18)34-39-24(19)25-21(29(30,31)32)22(33-40-25)15-7-5-4-6-8-15/h4-11,17,26H,12-14H2,1-3H3,(H,36,37). The second-order valence-corrected chi connectivity index (χ2v) is 11.2. The van der Waals surface area contributed by atoms with Crippen molar-refractivity contribution in [3.63, 3.8) is 0 Å². The van der Waals surface area contributed by atoms with E-state index in [4.69, 9.17) is 13.8 Å². The lowest BCUT2D eigenvalue weighted by atomic mass is 9.78. The van der Waals surface area contributed by atoms with Crippen molar-refractivity contribution < 1.29 is 36.9 Å². The molecule has 4 aromatic rings. The Morgan fingerprint density at radius 1 is 1.00 bits per heavy atom. The highest BCUT2D eigenvalue weighted by Gasteiger charge is 2.45. The number of hydrogen-bond donors (Lipinski definition) is 1. The Morgan fingerprint density at radius 2 is 1.68 bits per heavy atom. The maximum atomic E-state index is 14.2. The smallest absolute Gasteiger partial charge is 0.422 e. The van der Waals surface area contributed by atoms with Crippen molar-refractivity contribution >= 4 is 5.97 Å². The molecule has 6 rings (SSSR count). The number of hydrogen-bond acceptors (Lipinski definition) is 7. The van der Waals surface area contributed by atoms with Gasteiger partial charge in [0.15, 0.2) is 0 Å². The van der Waals surface area contributed by atoms with Crippen LogP contribution in [0, 0.1) is 11.3 Å². The van der Waals surface area contributed by atoms with Gasteiger partial charge in [-0.25, -0.2) is 0 Å². The molecule has 40 heavy (non-hydrogen) atoms. The van der Waals surface area contributed by atoms with E-state index in [-0.39, 0.29) is 35.1 Å². The number of rotatable bonds is 5. The van der Waals surface area contributed by atoms with E-state index >= 15 is 0 Å². The predicted octanol–water partition coefficient (Wildman–Crippen LogP) is 6.68. The average molecular weight is 554 g/mol. The van der Waals surface area contributed by atoms with Crippen LogP contribution in [0.3, 0.4) is 0 Å². The number of alkyl halides is 3. The van der Waals surface area contributed by atoms with Crippen LogP contribution in [0.15, 0.2) is 57.6 Å². The number of carboxylic acids is 1. The third-order valence-corrected chi connectivity index (χ3v) is 7.41. The van der Waals surface area contributed by atoms with Crippen LogP contribution in [0.1, 0.15) is 43.5 Å². The van der Waals surface area contributed by atoms with Gasteiger partial charge in [0.05, 0.1) is 11.5 Å². The van der Waals surface area contributed by atoms with Crippen LogP contribution in [0.25, 0.3) is 34.0 Å². The minimum atomic E-state index is -4.76. The van der Waals surface area contributed by atoms with E-state index in [1.807, 2.05) is 18.2 Å². The Kier molecular flexibility index (Phi) is 6.02. The van der Waals surface area contributed by atoms with Gasteiger partial charge in [-0.3, -0.25) is 9.69 Å². The zero-order valence-corrected chi connectivity index (χ0v) is 22.0. The largest absolute Gasteiger partial charge is 0.488 e. The van der Waals surface area contributed by atoms with E-state index in [1.165, 1.54) is 12.1 Å². The number of benzene rings is 2. The first-order chi connectivity index (χ1) is 18.9. The maximum absolute atomic E-state index is 14.2. The number of aliphatic carboxylic acids is 1. The van der Waals surface area contributed by atoms with Crippen molar-refractivity contribution in [1.82, 2.24) is 15.2 Å². The van der Waals surface area contributed by atoms with Gasteiger partial charge in [-0.2, -0.15) is 13.2 Å². The summed E-state index contributed by atoms with van der Waals surface area (Å²) < 4.78 is 59.4. The van der Waals surface area contributed by atoms with Crippen molar-refractivity contribution in [3.8, 4) is 39.8 Å². The first kappa shape index (κ1) is 26.1. The number of ether oxygens (including phenoxy) is 1. The van der Waals surface area contributed by atoms with E-state index < -0.39 is 29.4 Å². The van der Waals surface area contributed by atoms with E-state index in [0.717, 1.165) is 5.56 Å². The molecule has 2 aliphatic rings. The number of carboxylic acid groups (broad SMARTS) is 1. The Morgan fingerprint density at radius 3 is 2.33 bits per heavy atom. The summed E-state index contributed by atoms with van der Waals surface area (Å²) >= 11 is 0. The second kappa shape index (κ2) is 9.22. The summed E-state index contributed by atoms with van der Waals surface area (Å²) in [6, 6.07) is 13.5. The second-order valence-electron chi connectivity index (χ2n) is 11.2. The van der Waals surface area contributed by atoms with E-state index in [9.17, 15) is 23.1 Å². The number of likely N-dealkylation sites (tertiary alicyclic amines) is 1. The summed E-state index contributed by atoms with van der Waals surface area (Å²) in [6.07, 6.45) is -4.76. The molecular formula is C29H26F3N3O5. The molecule has 0 bridgehead atoms. The van der Waals surface area contributed by atoms with E-state index in [0.29, 0.717) is 35.7 Å². The Labute approximate surface area is 227 Å². The lowest BCUT2D eigenvalue weighted by Gasteiger charge is -2.48. The molecular weight excluding hydrogens is 527 g/mol. The fraction of sp³-hybridized carbons (Fsp3) is 0.345. The van der Waals surface area contributed by atoms with Gasteiger partial charge in [-0.15, -0.1) is 0 Å². The lowest BCUT2D eigenvalue weighted by Crippen LogP contribution is -2.54. The molecule has 1 fully saturated rings. The number of carbonyl (C=O) groups is 1. The number of aromatic nitrogens is 2. The van der Waals surface area contributed by atoms with Crippen LogP contribution in [-0.2, 0) is 17.6 Å². The molecule has 2 aromatic heterocycles. The summed E-state index contributed by atoms with van der Waals surface area (Å²) in [7, 11) is 0. The fourth-order valence-electron chi connectivity index (χ4n) is 5.65. The van der Waals surface area contributed by atoms with Crippen molar-refractivity contribution in [2.75, 3.05) is 13.1 Å². The normalized spacial score (nSPS) is 16.6. The highest BCUT2D eigenvalue weighted by atomic mass is 19.4. The number of fused-ring (bicyclic) bond motifs is 3. The topological polar surface area (TPSA) is 102 Å². The van der Waals surface area contributed by atoms with Gasteiger partial charge in [0.1, 0.15) is 29.3 Å². The van der Waals surface area contributed by atoms with Crippen LogP contribution >= 0.6 is 0 Å². The molecule has 2 aliphatic heterocycles. The number of halogens is 3. The third kappa shape index (κ3) is 4.34. The molecule has 0 aliphatic carbocycles. The Balaban J connectivity index is 1.37. The van der Waals surface area contributed by atoms with Crippen molar-refractivity contribution in [1.29, 1.82) is 0 Å². The highest BCUT2D eigenvalue weighted by Crippen LogP contribution is 2.49. The molecule has 1 N–H and O–H groups in total.